The maximum atomic E-state index is 12.4. The highest BCUT2D eigenvalue weighted by Crippen LogP contribution is 2.23. The Hall–Kier alpha value is -1.10. The smallest absolute Gasteiger partial charge is 0.225 e. The number of piperidine rings is 1. The molecule has 3 unspecified atom stereocenters. The predicted molar refractivity (Wildman–Crippen MR) is 82.8 cm³/mol. The van der Waals surface area contributed by atoms with E-state index in [1.807, 2.05) is 4.90 Å². The molecule has 2 rings (SSSR count). The summed E-state index contributed by atoms with van der Waals surface area (Å²) in [4.78, 5) is 26.5. The number of nitrogens with one attached hydrogen (secondary N) is 2. The molecule has 0 saturated carbocycles. The third kappa shape index (κ3) is 3.76. The van der Waals surface area contributed by atoms with Crippen LogP contribution >= 0.6 is 0 Å². The van der Waals surface area contributed by atoms with Gasteiger partial charge in [0, 0.05) is 31.1 Å². The molecule has 0 aromatic rings. The molecule has 2 saturated heterocycles. The van der Waals surface area contributed by atoms with Gasteiger partial charge in [0.1, 0.15) is 0 Å². The molecule has 2 heterocycles. The predicted octanol–water partition coefficient (Wildman–Crippen LogP) is 1.28. The highest BCUT2D eigenvalue weighted by molar-refractivity contribution is 5.89. The fraction of sp³-hybridized carbons (Fsp3) is 0.875. The van der Waals surface area contributed by atoms with Crippen LogP contribution in [0.15, 0.2) is 0 Å². The van der Waals surface area contributed by atoms with E-state index in [-0.39, 0.29) is 29.8 Å². The fourth-order valence-electron chi connectivity index (χ4n) is 3.53. The van der Waals surface area contributed by atoms with Crippen LogP contribution in [0.5, 0.6) is 0 Å². The summed E-state index contributed by atoms with van der Waals surface area (Å²) in [6.07, 6.45) is 4.41. The Kier molecular flexibility index (Phi) is 5.62. The number of likely N-dealkylation sites (tertiary alicyclic amines) is 1. The molecule has 0 aliphatic carbocycles. The lowest BCUT2D eigenvalue weighted by molar-refractivity contribution is -0.130. The van der Waals surface area contributed by atoms with Crippen LogP contribution in [0, 0.1) is 5.92 Å². The van der Waals surface area contributed by atoms with Crippen LogP contribution in [0.25, 0.3) is 0 Å². The summed E-state index contributed by atoms with van der Waals surface area (Å²) < 4.78 is 0. The first-order valence-corrected chi connectivity index (χ1v) is 8.40. The lowest BCUT2D eigenvalue weighted by Crippen LogP contribution is -2.53. The van der Waals surface area contributed by atoms with Gasteiger partial charge in [-0.05, 0) is 39.2 Å². The van der Waals surface area contributed by atoms with E-state index in [2.05, 4.69) is 31.4 Å². The first-order chi connectivity index (χ1) is 10.1. The second kappa shape index (κ2) is 7.25. The van der Waals surface area contributed by atoms with E-state index < -0.39 is 0 Å². The second-order valence-electron chi connectivity index (χ2n) is 6.42. The van der Waals surface area contributed by atoms with Gasteiger partial charge in [-0.3, -0.25) is 9.59 Å². The van der Waals surface area contributed by atoms with Gasteiger partial charge >= 0.3 is 0 Å². The number of carbonyl (C=O) groups is 2. The lowest BCUT2D eigenvalue weighted by Gasteiger charge is -2.31. The van der Waals surface area contributed by atoms with Crippen molar-refractivity contribution in [1.82, 2.24) is 15.5 Å². The highest BCUT2D eigenvalue weighted by atomic mass is 16.2. The van der Waals surface area contributed by atoms with E-state index in [1.54, 1.807) is 0 Å². The molecule has 21 heavy (non-hydrogen) atoms. The van der Waals surface area contributed by atoms with Crippen molar-refractivity contribution in [3.63, 3.8) is 0 Å². The average molecular weight is 295 g/mol. The minimum Gasteiger partial charge on any atom is -0.352 e. The molecule has 0 aromatic heterocycles. The van der Waals surface area contributed by atoms with Gasteiger partial charge in [0.25, 0.3) is 0 Å². The molecule has 0 bridgehead atoms. The number of hydrogen-bond donors (Lipinski definition) is 2. The van der Waals surface area contributed by atoms with Gasteiger partial charge in [-0.1, -0.05) is 13.8 Å². The molecule has 2 N–H and O–H groups in total. The van der Waals surface area contributed by atoms with Crippen LogP contribution in [0.4, 0.5) is 0 Å². The van der Waals surface area contributed by atoms with Gasteiger partial charge in [-0.25, -0.2) is 0 Å². The molecule has 2 amide bonds. The maximum absolute atomic E-state index is 12.4. The first kappa shape index (κ1) is 16.3. The number of carbonyl (C=O) groups excluding carboxylic acids is 2. The van der Waals surface area contributed by atoms with E-state index in [0.717, 1.165) is 32.2 Å². The van der Waals surface area contributed by atoms with Gasteiger partial charge in [0.2, 0.25) is 11.8 Å². The van der Waals surface area contributed by atoms with Gasteiger partial charge in [-0.2, -0.15) is 0 Å². The molecule has 2 fully saturated rings. The van der Waals surface area contributed by atoms with Crippen molar-refractivity contribution in [1.29, 1.82) is 0 Å². The summed E-state index contributed by atoms with van der Waals surface area (Å²) in [6.45, 7) is 7.93. The Morgan fingerprint density at radius 2 is 2.14 bits per heavy atom. The average Bonchev–Trinajstić information content (AvgIpc) is 2.85. The lowest BCUT2D eigenvalue weighted by atomic mass is 9.98. The summed E-state index contributed by atoms with van der Waals surface area (Å²) in [5.41, 5.74) is 0. The minimum absolute atomic E-state index is 0.0531. The Morgan fingerprint density at radius 3 is 2.76 bits per heavy atom. The first-order valence-electron chi connectivity index (χ1n) is 8.40. The molecule has 0 radical (unpaired) electrons. The highest BCUT2D eigenvalue weighted by Gasteiger charge is 2.37. The Morgan fingerprint density at radius 1 is 1.43 bits per heavy atom. The Labute approximate surface area is 127 Å². The zero-order chi connectivity index (χ0) is 15.4. The van der Waals surface area contributed by atoms with Crippen molar-refractivity contribution < 1.29 is 9.59 Å². The van der Waals surface area contributed by atoms with Crippen LogP contribution in [-0.4, -0.2) is 47.9 Å². The van der Waals surface area contributed by atoms with Crippen molar-refractivity contribution in [2.75, 3.05) is 13.1 Å². The quantitative estimate of drug-likeness (QED) is 0.803. The van der Waals surface area contributed by atoms with Crippen molar-refractivity contribution in [2.45, 2.75) is 71.0 Å². The second-order valence-corrected chi connectivity index (χ2v) is 6.42. The monoisotopic (exact) mass is 295 g/mol. The number of rotatable bonds is 5. The van der Waals surface area contributed by atoms with Crippen LogP contribution in [-0.2, 0) is 9.59 Å². The molecule has 5 nitrogen and oxygen atoms in total. The van der Waals surface area contributed by atoms with Gasteiger partial charge in [0.15, 0.2) is 0 Å². The third-order valence-electron chi connectivity index (χ3n) is 5.00. The molecule has 2 aliphatic heterocycles. The Bertz CT molecular complexity index is 382. The third-order valence-corrected chi connectivity index (χ3v) is 5.00. The Balaban J connectivity index is 1.90. The molecule has 120 valence electrons. The minimum atomic E-state index is -0.174. The molecule has 3 atom stereocenters. The molecule has 2 aliphatic rings. The van der Waals surface area contributed by atoms with Crippen molar-refractivity contribution >= 4 is 11.8 Å². The summed E-state index contributed by atoms with van der Waals surface area (Å²) >= 11 is 0. The van der Waals surface area contributed by atoms with Crippen LogP contribution in [0.1, 0.15) is 52.9 Å². The van der Waals surface area contributed by atoms with E-state index in [0.29, 0.717) is 19.0 Å². The zero-order valence-electron chi connectivity index (χ0n) is 13.5. The van der Waals surface area contributed by atoms with Crippen molar-refractivity contribution in [3.05, 3.63) is 0 Å². The largest absolute Gasteiger partial charge is 0.352 e. The van der Waals surface area contributed by atoms with E-state index in [4.69, 9.17) is 0 Å². The van der Waals surface area contributed by atoms with E-state index in [9.17, 15) is 9.59 Å². The summed E-state index contributed by atoms with van der Waals surface area (Å²) in [5, 5.41) is 6.54. The number of amides is 2. The molecular formula is C16H29N3O2. The van der Waals surface area contributed by atoms with Gasteiger partial charge in [0.05, 0.1) is 5.92 Å². The normalized spacial score (nSPS) is 30.0. The summed E-state index contributed by atoms with van der Waals surface area (Å²) in [6, 6.07) is 0.795. The number of hydrogen-bond acceptors (Lipinski definition) is 3. The molecule has 0 spiro atoms. The van der Waals surface area contributed by atoms with E-state index in [1.165, 1.54) is 0 Å². The molecular weight excluding hydrogens is 266 g/mol. The number of nitrogens with zero attached hydrogens (tertiary/aromatic N) is 1. The van der Waals surface area contributed by atoms with Crippen molar-refractivity contribution in [2.24, 2.45) is 5.92 Å². The van der Waals surface area contributed by atoms with Crippen LogP contribution in [0.3, 0.4) is 0 Å². The standard InChI is InChI=1S/C16H29N3O2/c1-4-13(5-2)19-10-12(9-15(19)20)16(21)18-14-7-6-8-17-11(14)3/h11-14,17H,4-10H2,1-3H3,(H,18,21). The fourth-order valence-corrected chi connectivity index (χ4v) is 3.53. The summed E-state index contributed by atoms with van der Waals surface area (Å²) in [5.74, 6) is 0.0169. The van der Waals surface area contributed by atoms with Gasteiger partial charge in [-0.15, -0.1) is 0 Å². The van der Waals surface area contributed by atoms with Crippen LogP contribution < -0.4 is 10.6 Å². The molecule has 0 aromatic carbocycles. The van der Waals surface area contributed by atoms with Crippen molar-refractivity contribution in [3.8, 4) is 0 Å². The molecule has 5 heteroatoms. The summed E-state index contributed by atoms with van der Waals surface area (Å²) in [7, 11) is 0. The maximum Gasteiger partial charge on any atom is 0.225 e. The topological polar surface area (TPSA) is 61.4 Å². The van der Waals surface area contributed by atoms with Crippen LogP contribution in [0.2, 0.25) is 0 Å². The van der Waals surface area contributed by atoms with E-state index >= 15 is 0 Å². The zero-order valence-corrected chi connectivity index (χ0v) is 13.5. The SMILES string of the molecule is CCC(CC)N1CC(C(=O)NC2CCCNC2C)CC1=O. The van der Waals surface area contributed by atoms with Gasteiger partial charge < -0.3 is 15.5 Å².